The topological polar surface area (TPSA) is 41.1 Å². The Morgan fingerprint density at radius 3 is 2.60 bits per heavy atom. The number of rotatable bonds is 5. The van der Waals surface area contributed by atoms with Gasteiger partial charge in [0, 0.05) is 37.9 Å². The van der Waals surface area contributed by atoms with Gasteiger partial charge in [-0.15, -0.1) is 0 Å². The van der Waals surface area contributed by atoms with Crippen molar-refractivity contribution in [3.63, 3.8) is 0 Å². The van der Waals surface area contributed by atoms with Crippen molar-refractivity contribution in [2.75, 3.05) is 31.1 Å². The third-order valence-electron chi connectivity index (χ3n) is 5.17. The van der Waals surface area contributed by atoms with Crippen molar-refractivity contribution >= 4 is 5.82 Å². The van der Waals surface area contributed by atoms with Crippen molar-refractivity contribution in [1.29, 1.82) is 0 Å². The van der Waals surface area contributed by atoms with E-state index in [0.717, 1.165) is 43.4 Å². The lowest BCUT2D eigenvalue weighted by atomic mass is 9.78. The summed E-state index contributed by atoms with van der Waals surface area (Å²) in [6.07, 6.45) is 4.27. The number of benzene rings is 1. The van der Waals surface area contributed by atoms with Crippen LogP contribution in [-0.2, 0) is 5.41 Å². The molecule has 0 aliphatic carbocycles. The van der Waals surface area contributed by atoms with E-state index < -0.39 is 0 Å². The molecule has 0 radical (unpaired) electrons. The number of aromatic nitrogens is 2. The summed E-state index contributed by atoms with van der Waals surface area (Å²) in [6.45, 7) is 13.1. The van der Waals surface area contributed by atoms with Gasteiger partial charge in [-0.3, -0.25) is 0 Å². The van der Waals surface area contributed by atoms with E-state index in [0.29, 0.717) is 0 Å². The van der Waals surface area contributed by atoms with Crippen molar-refractivity contribution in [2.45, 2.75) is 46.0 Å². The minimum absolute atomic E-state index is 0.209. The van der Waals surface area contributed by atoms with Crippen molar-refractivity contribution in [3.05, 3.63) is 41.6 Å². The van der Waals surface area contributed by atoms with Crippen LogP contribution in [0.5, 0.6) is 0 Å². The zero-order valence-electron chi connectivity index (χ0n) is 16.0. The van der Waals surface area contributed by atoms with Crippen LogP contribution >= 0.6 is 0 Å². The number of anilines is 1. The van der Waals surface area contributed by atoms with E-state index >= 15 is 0 Å². The second kappa shape index (κ2) is 7.52. The number of nitrogens with one attached hydrogen (secondary N) is 1. The summed E-state index contributed by atoms with van der Waals surface area (Å²) >= 11 is 0. The molecule has 134 valence electrons. The van der Waals surface area contributed by atoms with E-state index in [9.17, 15) is 0 Å². The molecule has 0 atom stereocenters. The van der Waals surface area contributed by atoms with Gasteiger partial charge < -0.3 is 10.2 Å². The molecule has 4 heteroatoms. The van der Waals surface area contributed by atoms with E-state index in [4.69, 9.17) is 4.98 Å². The highest BCUT2D eigenvalue weighted by Gasteiger charge is 2.22. The number of nitrogens with zero attached hydrogens (tertiary/aromatic N) is 3. The summed E-state index contributed by atoms with van der Waals surface area (Å²) < 4.78 is 0. The van der Waals surface area contributed by atoms with Gasteiger partial charge >= 0.3 is 0 Å². The normalized spacial score (nSPS) is 15.4. The summed E-state index contributed by atoms with van der Waals surface area (Å²) in [6, 6.07) is 8.70. The Balaban J connectivity index is 1.88. The summed E-state index contributed by atoms with van der Waals surface area (Å²) in [5.41, 5.74) is 4.06. The molecule has 4 nitrogen and oxygen atoms in total. The summed E-state index contributed by atoms with van der Waals surface area (Å²) in [5, 5.41) is 3.38. The van der Waals surface area contributed by atoms with Crippen LogP contribution in [0, 0.1) is 6.92 Å². The predicted octanol–water partition coefficient (Wildman–Crippen LogP) is 3.94. The molecular weight excluding hydrogens is 308 g/mol. The van der Waals surface area contributed by atoms with Crippen LogP contribution in [0.15, 0.2) is 30.5 Å². The Morgan fingerprint density at radius 2 is 1.92 bits per heavy atom. The maximum Gasteiger partial charge on any atom is 0.161 e. The van der Waals surface area contributed by atoms with Crippen molar-refractivity contribution in [1.82, 2.24) is 15.3 Å². The average Bonchev–Trinajstić information content (AvgIpc) is 2.62. The Bertz CT molecular complexity index is 718. The molecule has 0 saturated carbocycles. The lowest BCUT2D eigenvalue weighted by Gasteiger charge is -2.28. The van der Waals surface area contributed by atoms with Crippen LogP contribution < -0.4 is 10.2 Å². The van der Waals surface area contributed by atoms with E-state index in [1.54, 1.807) is 0 Å². The Kier molecular flexibility index (Phi) is 5.38. The second-order valence-electron chi connectivity index (χ2n) is 7.64. The summed E-state index contributed by atoms with van der Waals surface area (Å²) in [4.78, 5) is 11.7. The minimum atomic E-state index is 0.209. The second-order valence-corrected chi connectivity index (χ2v) is 7.64. The maximum absolute atomic E-state index is 4.82. The van der Waals surface area contributed by atoms with E-state index in [1.165, 1.54) is 24.0 Å². The smallest absolute Gasteiger partial charge is 0.161 e. The van der Waals surface area contributed by atoms with Gasteiger partial charge in [-0.05, 0) is 42.0 Å². The first-order valence-corrected chi connectivity index (χ1v) is 9.41. The molecule has 1 aromatic heterocycles. The van der Waals surface area contributed by atoms with Gasteiger partial charge in [-0.1, -0.05) is 39.3 Å². The van der Waals surface area contributed by atoms with Crippen LogP contribution in [-0.4, -0.2) is 36.1 Å². The minimum Gasteiger partial charge on any atom is -0.354 e. The lowest BCUT2D eigenvalue weighted by Crippen LogP contribution is -2.43. The highest BCUT2D eigenvalue weighted by atomic mass is 15.2. The fraction of sp³-hybridized carbons (Fsp3) is 0.524. The van der Waals surface area contributed by atoms with E-state index in [-0.39, 0.29) is 5.41 Å². The molecule has 1 saturated heterocycles. The highest BCUT2D eigenvalue weighted by molar-refractivity contribution is 5.60. The fourth-order valence-electron chi connectivity index (χ4n) is 3.88. The number of hydrogen-bond donors (Lipinski definition) is 1. The Hall–Kier alpha value is -1.94. The molecule has 2 heterocycles. The molecule has 1 aliphatic heterocycles. The third kappa shape index (κ3) is 4.01. The molecule has 0 spiro atoms. The molecule has 3 rings (SSSR count). The van der Waals surface area contributed by atoms with Crippen LogP contribution in [0.4, 0.5) is 5.82 Å². The SMILES string of the molecule is CCCC(C)(C)c1ccc(-c2nccc(N3CCNCC3)n2)cc1C. The molecule has 1 N–H and O–H groups in total. The molecule has 0 amide bonds. The number of aryl methyl sites for hydroxylation is 1. The largest absolute Gasteiger partial charge is 0.354 e. The summed E-state index contributed by atoms with van der Waals surface area (Å²) in [5.74, 6) is 1.85. The zero-order chi connectivity index (χ0) is 17.9. The zero-order valence-corrected chi connectivity index (χ0v) is 16.0. The lowest BCUT2D eigenvalue weighted by molar-refractivity contribution is 0.471. The Labute approximate surface area is 151 Å². The molecule has 2 aromatic rings. The van der Waals surface area contributed by atoms with Gasteiger partial charge in [0.25, 0.3) is 0 Å². The molecule has 25 heavy (non-hydrogen) atoms. The van der Waals surface area contributed by atoms with Gasteiger partial charge in [0.2, 0.25) is 0 Å². The van der Waals surface area contributed by atoms with Gasteiger partial charge in [-0.2, -0.15) is 0 Å². The first kappa shape index (κ1) is 17.9. The molecular formula is C21H30N4. The van der Waals surface area contributed by atoms with Crippen molar-refractivity contribution in [3.8, 4) is 11.4 Å². The van der Waals surface area contributed by atoms with Gasteiger partial charge in [0.05, 0.1) is 0 Å². The van der Waals surface area contributed by atoms with Crippen LogP contribution in [0.2, 0.25) is 0 Å². The maximum atomic E-state index is 4.82. The van der Waals surface area contributed by atoms with Gasteiger partial charge in [0.15, 0.2) is 5.82 Å². The van der Waals surface area contributed by atoms with E-state index in [2.05, 4.69) is 61.1 Å². The standard InChI is InChI=1S/C21H30N4/c1-5-9-21(3,4)18-7-6-17(15-16(18)2)20-23-10-8-19(24-20)25-13-11-22-12-14-25/h6-8,10,15,22H,5,9,11-14H2,1-4H3. The molecule has 0 bridgehead atoms. The molecule has 0 unspecified atom stereocenters. The first-order valence-electron chi connectivity index (χ1n) is 9.41. The molecule has 1 aliphatic rings. The van der Waals surface area contributed by atoms with Gasteiger partial charge in [0.1, 0.15) is 5.82 Å². The van der Waals surface area contributed by atoms with Crippen molar-refractivity contribution in [2.24, 2.45) is 0 Å². The third-order valence-corrected chi connectivity index (χ3v) is 5.17. The molecule has 1 aromatic carbocycles. The Morgan fingerprint density at radius 1 is 1.16 bits per heavy atom. The van der Waals surface area contributed by atoms with Crippen LogP contribution in [0.25, 0.3) is 11.4 Å². The molecule has 1 fully saturated rings. The predicted molar refractivity (Wildman–Crippen MR) is 105 cm³/mol. The number of piperazine rings is 1. The van der Waals surface area contributed by atoms with Gasteiger partial charge in [-0.25, -0.2) is 9.97 Å². The summed E-state index contributed by atoms with van der Waals surface area (Å²) in [7, 11) is 0. The van der Waals surface area contributed by atoms with E-state index in [1.807, 2.05) is 12.3 Å². The fourth-order valence-corrected chi connectivity index (χ4v) is 3.88. The quantitative estimate of drug-likeness (QED) is 0.896. The monoisotopic (exact) mass is 338 g/mol. The number of hydrogen-bond acceptors (Lipinski definition) is 4. The van der Waals surface area contributed by atoms with Crippen LogP contribution in [0.3, 0.4) is 0 Å². The average molecular weight is 338 g/mol. The van der Waals surface area contributed by atoms with Crippen molar-refractivity contribution < 1.29 is 0 Å². The highest BCUT2D eigenvalue weighted by Crippen LogP contribution is 2.32. The van der Waals surface area contributed by atoms with Crippen LogP contribution in [0.1, 0.15) is 44.7 Å². The first-order chi connectivity index (χ1) is 12.0.